The Kier molecular flexibility index (Phi) is 7.09. The zero-order valence-electron chi connectivity index (χ0n) is 17.3. The molecule has 3 aromatic carbocycles. The Morgan fingerprint density at radius 2 is 1.65 bits per heavy atom. The summed E-state index contributed by atoms with van der Waals surface area (Å²) in [4.78, 5) is 12.5. The molecule has 5 nitrogen and oxygen atoms in total. The number of benzene rings is 3. The topological polar surface area (TPSA) is 66.5 Å². The molecule has 0 fully saturated rings. The number of para-hydroxylation sites is 1. The van der Waals surface area contributed by atoms with Crippen LogP contribution in [-0.2, 0) is 16.6 Å². The second kappa shape index (κ2) is 9.42. The lowest BCUT2D eigenvalue weighted by atomic mass is 10.1. The molecule has 0 aromatic heterocycles. The van der Waals surface area contributed by atoms with Crippen molar-refractivity contribution < 1.29 is 13.2 Å². The fourth-order valence-electron chi connectivity index (χ4n) is 3.27. The zero-order chi connectivity index (χ0) is 22.8. The summed E-state index contributed by atoms with van der Waals surface area (Å²) < 4.78 is 27.2. The van der Waals surface area contributed by atoms with Crippen molar-refractivity contribution >= 4 is 54.8 Å². The summed E-state index contributed by atoms with van der Waals surface area (Å²) in [7, 11) is -3.50. The standard InChI is InChI=1S/C23H22BrClN2O3S/c1-15-5-4-6-16(2)22(15)27(31(3,29)30)14-17-7-9-18(10-8-17)23(28)26-19-11-12-20(24)21(25)13-19/h4-13H,14H2,1-3H3,(H,26,28). The zero-order valence-corrected chi connectivity index (χ0v) is 20.5. The summed E-state index contributed by atoms with van der Waals surface area (Å²) in [5.74, 6) is -0.278. The van der Waals surface area contributed by atoms with Gasteiger partial charge in [0.1, 0.15) is 0 Å². The van der Waals surface area contributed by atoms with E-state index < -0.39 is 10.0 Å². The fraction of sp³-hybridized carbons (Fsp3) is 0.174. The van der Waals surface area contributed by atoms with Crippen molar-refractivity contribution in [3.05, 3.63) is 92.4 Å². The summed E-state index contributed by atoms with van der Waals surface area (Å²) in [6, 6.07) is 17.7. The first-order chi connectivity index (χ1) is 14.6. The molecule has 162 valence electrons. The van der Waals surface area contributed by atoms with Crippen LogP contribution in [0.4, 0.5) is 11.4 Å². The maximum atomic E-state index is 12.5. The first-order valence-electron chi connectivity index (χ1n) is 9.45. The van der Waals surface area contributed by atoms with Crippen LogP contribution in [0.1, 0.15) is 27.0 Å². The largest absolute Gasteiger partial charge is 0.322 e. The molecule has 0 aliphatic carbocycles. The van der Waals surface area contributed by atoms with Crippen molar-refractivity contribution in [1.29, 1.82) is 0 Å². The molecule has 0 aliphatic heterocycles. The van der Waals surface area contributed by atoms with Crippen LogP contribution in [-0.4, -0.2) is 20.6 Å². The molecule has 3 aromatic rings. The molecule has 0 radical (unpaired) electrons. The van der Waals surface area contributed by atoms with E-state index in [2.05, 4.69) is 21.2 Å². The smallest absolute Gasteiger partial charge is 0.255 e. The van der Waals surface area contributed by atoms with Crippen LogP contribution in [0.15, 0.2) is 65.1 Å². The molecule has 8 heteroatoms. The fourth-order valence-corrected chi connectivity index (χ4v) is 4.70. The number of sulfonamides is 1. The predicted molar refractivity (Wildman–Crippen MR) is 130 cm³/mol. The van der Waals surface area contributed by atoms with Gasteiger partial charge in [-0.3, -0.25) is 9.10 Å². The monoisotopic (exact) mass is 520 g/mol. The van der Waals surface area contributed by atoms with Crippen LogP contribution >= 0.6 is 27.5 Å². The Balaban J connectivity index is 1.81. The van der Waals surface area contributed by atoms with Gasteiger partial charge in [-0.25, -0.2) is 8.42 Å². The molecule has 0 saturated heterocycles. The Labute approximate surface area is 196 Å². The molecule has 0 heterocycles. The van der Waals surface area contributed by atoms with Gasteiger partial charge in [-0.15, -0.1) is 0 Å². The third-order valence-electron chi connectivity index (χ3n) is 4.81. The van der Waals surface area contributed by atoms with Crippen LogP contribution in [0.2, 0.25) is 5.02 Å². The van der Waals surface area contributed by atoms with E-state index in [1.807, 2.05) is 32.0 Å². The van der Waals surface area contributed by atoms with E-state index in [1.165, 1.54) is 10.6 Å². The molecular formula is C23H22BrClN2O3S. The van der Waals surface area contributed by atoms with Gasteiger partial charge in [0, 0.05) is 15.7 Å². The average Bonchev–Trinajstić information content (AvgIpc) is 2.69. The number of nitrogens with zero attached hydrogens (tertiary/aromatic N) is 1. The molecule has 0 spiro atoms. The van der Waals surface area contributed by atoms with Crippen molar-refractivity contribution in [2.24, 2.45) is 0 Å². The van der Waals surface area contributed by atoms with Crippen molar-refractivity contribution in [2.45, 2.75) is 20.4 Å². The molecule has 31 heavy (non-hydrogen) atoms. The number of carbonyl (C=O) groups is 1. The summed E-state index contributed by atoms with van der Waals surface area (Å²) >= 11 is 9.39. The quantitative estimate of drug-likeness (QED) is 0.437. The maximum Gasteiger partial charge on any atom is 0.255 e. The van der Waals surface area contributed by atoms with Gasteiger partial charge in [-0.05, 0) is 76.8 Å². The summed E-state index contributed by atoms with van der Waals surface area (Å²) in [5.41, 5.74) is 4.26. The highest BCUT2D eigenvalue weighted by Gasteiger charge is 2.21. The van der Waals surface area contributed by atoms with E-state index in [1.54, 1.807) is 42.5 Å². The van der Waals surface area contributed by atoms with E-state index in [0.717, 1.165) is 21.2 Å². The van der Waals surface area contributed by atoms with E-state index >= 15 is 0 Å². The van der Waals surface area contributed by atoms with Gasteiger partial charge in [0.05, 0.1) is 23.5 Å². The van der Waals surface area contributed by atoms with Crippen LogP contribution < -0.4 is 9.62 Å². The highest BCUT2D eigenvalue weighted by Crippen LogP contribution is 2.29. The lowest BCUT2D eigenvalue weighted by molar-refractivity contribution is 0.102. The minimum atomic E-state index is -3.50. The third kappa shape index (κ3) is 5.67. The van der Waals surface area contributed by atoms with Crippen LogP contribution in [0.25, 0.3) is 0 Å². The van der Waals surface area contributed by atoms with Gasteiger partial charge in [0.25, 0.3) is 5.91 Å². The first kappa shape index (κ1) is 23.3. The van der Waals surface area contributed by atoms with Gasteiger partial charge in [-0.1, -0.05) is 41.9 Å². The van der Waals surface area contributed by atoms with Crippen LogP contribution in [0, 0.1) is 13.8 Å². The summed E-state index contributed by atoms with van der Waals surface area (Å²) in [6.07, 6.45) is 1.20. The van der Waals surface area contributed by atoms with E-state index in [9.17, 15) is 13.2 Å². The molecule has 0 bridgehead atoms. The number of halogens is 2. The minimum absolute atomic E-state index is 0.175. The lowest BCUT2D eigenvalue weighted by Crippen LogP contribution is -2.30. The van der Waals surface area contributed by atoms with Crippen molar-refractivity contribution in [1.82, 2.24) is 0 Å². The van der Waals surface area contributed by atoms with E-state index in [0.29, 0.717) is 22.0 Å². The summed E-state index contributed by atoms with van der Waals surface area (Å²) in [6.45, 7) is 3.96. The number of amides is 1. The highest BCUT2D eigenvalue weighted by atomic mass is 79.9. The third-order valence-corrected chi connectivity index (χ3v) is 7.15. The second-order valence-corrected chi connectivity index (χ2v) is 10.5. The molecular weight excluding hydrogens is 500 g/mol. The molecule has 1 amide bonds. The number of carbonyl (C=O) groups excluding carboxylic acids is 1. The second-order valence-electron chi connectivity index (χ2n) is 7.29. The molecule has 3 rings (SSSR count). The number of rotatable bonds is 6. The SMILES string of the molecule is Cc1cccc(C)c1N(Cc1ccc(C(=O)Nc2ccc(Br)c(Cl)c2)cc1)S(C)(=O)=O. The van der Waals surface area contributed by atoms with Gasteiger partial charge in [-0.2, -0.15) is 0 Å². The predicted octanol–water partition coefficient (Wildman–Crippen LogP) is 5.94. The number of hydrogen-bond acceptors (Lipinski definition) is 3. The Morgan fingerprint density at radius 3 is 2.19 bits per heavy atom. The van der Waals surface area contributed by atoms with Gasteiger partial charge < -0.3 is 5.32 Å². The van der Waals surface area contributed by atoms with E-state index in [-0.39, 0.29) is 12.5 Å². The Hall–Kier alpha value is -2.35. The molecule has 1 N–H and O–H groups in total. The van der Waals surface area contributed by atoms with Crippen molar-refractivity contribution in [3.63, 3.8) is 0 Å². The maximum absolute atomic E-state index is 12.5. The van der Waals surface area contributed by atoms with Gasteiger partial charge in [0.15, 0.2) is 0 Å². The van der Waals surface area contributed by atoms with Crippen molar-refractivity contribution in [2.75, 3.05) is 15.9 Å². The van der Waals surface area contributed by atoms with E-state index in [4.69, 9.17) is 11.6 Å². The molecule has 0 saturated carbocycles. The molecule has 0 aliphatic rings. The number of hydrogen-bond donors (Lipinski definition) is 1. The Morgan fingerprint density at radius 1 is 1.03 bits per heavy atom. The first-order valence-corrected chi connectivity index (χ1v) is 12.5. The number of nitrogens with one attached hydrogen (secondary N) is 1. The van der Waals surface area contributed by atoms with Gasteiger partial charge >= 0.3 is 0 Å². The minimum Gasteiger partial charge on any atom is -0.322 e. The molecule has 0 unspecified atom stereocenters. The highest BCUT2D eigenvalue weighted by molar-refractivity contribution is 9.10. The van der Waals surface area contributed by atoms with Crippen LogP contribution in [0.3, 0.4) is 0 Å². The summed E-state index contributed by atoms with van der Waals surface area (Å²) in [5, 5.41) is 3.30. The van der Waals surface area contributed by atoms with Crippen LogP contribution in [0.5, 0.6) is 0 Å². The molecule has 0 atom stereocenters. The average molecular weight is 522 g/mol. The Bertz CT molecular complexity index is 1210. The number of aryl methyl sites for hydroxylation is 2. The lowest BCUT2D eigenvalue weighted by Gasteiger charge is -2.26. The number of anilines is 2. The van der Waals surface area contributed by atoms with Gasteiger partial charge in [0.2, 0.25) is 10.0 Å². The normalized spacial score (nSPS) is 11.3. The van der Waals surface area contributed by atoms with Crippen molar-refractivity contribution in [3.8, 4) is 0 Å².